The van der Waals surface area contributed by atoms with Crippen LogP contribution in [0.15, 0.2) is 30.3 Å². The number of hydrogen-bond donors (Lipinski definition) is 0. The molecule has 1 aromatic rings. The van der Waals surface area contributed by atoms with Crippen molar-refractivity contribution in [3.05, 3.63) is 41.5 Å². The van der Waals surface area contributed by atoms with Crippen LogP contribution in [0.25, 0.3) is 5.57 Å². The lowest BCUT2D eigenvalue weighted by Crippen LogP contribution is -2.04. The summed E-state index contributed by atoms with van der Waals surface area (Å²) in [6.45, 7) is 11.5. The molecule has 0 nitrogen and oxygen atoms in total. The molecule has 0 aromatic heterocycles. The van der Waals surface area contributed by atoms with E-state index in [1.165, 1.54) is 87.3 Å². The van der Waals surface area contributed by atoms with Crippen LogP contribution in [0, 0.1) is 5.41 Å². The van der Waals surface area contributed by atoms with Gasteiger partial charge in [-0.05, 0) is 61.1 Å². The average molecular weight is 343 g/mol. The van der Waals surface area contributed by atoms with Crippen molar-refractivity contribution >= 4 is 5.57 Å². The normalized spacial score (nSPS) is 12.6. The van der Waals surface area contributed by atoms with Gasteiger partial charge in [-0.15, -0.1) is 0 Å². The first kappa shape index (κ1) is 22.0. The van der Waals surface area contributed by atoms with E-state index in [0.717, 1.165) is 0 Å². The summed E-state index contributed by atoms with van der Waals surface area (Å²) >= 11 is 0. The quantitative estimate of drug-likeness (QED) is 0.333. The van der Waals surface area contributed by atoms with Crippen LogP contribution in [-0.4, -0.2) is 0 Å². The summed E-state index contributed by atoms with van der Waals surface area (Å²) in [5.74, 6) is 0. The van der Waals surface area contributed by atoms with Crippen LogP contribution in [0.1, 0.15) is 110 Å². The zero-order chi connectivity index (χ0) is 18.5. The molecule has 0 radical (unpaired) electrons. The summed E-state index contributed by atoms with van der Waals surface area (Å²) in [6, 6.07) is 9.29. The summed E-state index contributed by atoms with van der Waals surface area (Å²) in [7, 11) is 0. The highest BCUT2D eigenvalue weighted by Crippen LogP contribution is 2.24. The van der Waals surface area contributed by atoms with E-state index < -0.39 is 0 Å². The molecule has 0 aliphatic rings. The van der Waals surface area contributed by atoms with E-state index in [2.05, 4.69) is 65.0 Å². The molecule has 0 bridgehead atoms. The van der Waals surface area contributed by atoms with Crippen LogP contribution in [0.3, 0.4) is 0 Å². The van der Waals surface area contributed by atoms with E-state index >= 15 is 0 Å². The zero-order valence-corrected chi connectivity index (χ0v) is 17.7. The Morgan fingerprint density at radius 3 is 2.32 bits per heavy atom. The van der Waals surface area contributed by atoms with Gasteiger partial charge in [-0.25, -0.2) is 0 Å². The molecule has 0 N–H and O–H groups in total. The summed E-state index contributed by atoms with van der Waals surface area (Å²) < 4.78 is 0. The molecule has 1 aromatic carbocycles. The van der Waals surface area contributed by atoms with E-state index in [1.54, 1.807) is 0 Å². The predicted molar refractivity (Wildman–Crippen MR) is 115 cm³/mol. The lowest BCUT2D eigenvalue weighted by Gasteiger charge is -2.17. The molecule has 142 valence electrons. The van der Waals surface area contributed by atoms with Crippen molar-refractivity contribution in [2.75, 3.05) is 0 Å². The van der Waals surface area contributed by atoms with Gasteiger partial charge in [-0.1, -0.05) is 96.6 Å². The van der Waals surface area contributed by atoms with Crippen LogP contribution in [-0.2, 0) is 6.42 Å². The minimum absolute atomic E-state index is 0.484. The van der Waals surface area contributed by atoms with Crippen molar-refractivity contribution in [2.24, 2.45) is 5.41 Å². The van der Waals surface area contributed by atoms with Gasteiger partial charge >= 0.3 is 0 Å². The van der Waals surface area contributed by atoms with Gasteiger partial charge in [-0.3, -0.25) is 0 Å². The largest absolute Gasteiger partial charge is 0.0838 e. The molecule has 0 atom stereocenters. The van der Waals surface area contributed by atoms with Crippen molar-refractivity contribution in [1.82, 2.24) is 0 Å². The van der Waals surface area contributed by atoms with Gasteiger partial charge in [0, 0.05) is 0 Å². The number of unbranched alkanes of at least 4 members (excludes halogenated alkanes) is 6. The molecule has 0 aliphatic heterocycles. The molecule has 0 unspecified atom stereocenters. The molecule has 0 saturated carbocycles. The topological polar surface area (TPSA) is 0 Å². The third-order valence-electron chi connectivity index (χ3n) is 5.09. The summed E-state index contributed by atoms with van der Waals surface area (Å²) in [4.78, 5) is 0. The second kappa shape index (κ2) is 12.3. The Bertz CT molecular complexity index is 487. The molecule has 0 amide bonds. The minimum Gasteiger partial charge on any atom is -0.0838 e. The number of hydrogen-bond acceptors (Lipinski definition) is 0. The fourth-order valence-corrected chi connectivity index (χ4v) is 3.46. The third-order valence-corrected chi connectivity index (χ3v) is 5.09. The van der Waals surface area contributed by atoms with Gasteiger partial charge in [0.1, 0.15) is 0 Å². The first-order valence-corrected chi connectivity index (χ1v) is 10.7. The first-order valence-electron chi connectivity index (χ1n) is 10.7. The molecule has 1 rings (SSSR count). The maximum Gasteiger partial charge on any atom is -0.0225 e. The SMILES string of the molecule is C/C=C(\CCCCCCC)c1cccc(CCCCCC(C)(C)C)c1. The van der Waals surface area contributed by atoms with Crippen LogP contribution in [0.4, 0.5) is 0 Å². The second-order valence-electron chi connectivity index (χ2n) is 8.80. The molecule has 0 aliphatic carbocycles. The number of benzene rings is 1. The van der Waals surface area contributed by atoms with Gasteiger partial charge in [-0.2, -0.15) is 0 Å². The molecule has 0 heteroatoms. The monoisotopic (exact) mass is 342 g/mol. The maximum absolute atomic E-state index is 2.44. The lowest BCUT2D eigenvalue weighted by molar-refractivity contribution is 0.358. The Morgan fingerprint density at radius 1 is 0.920 bits per heavy atom. The first-order chi connectivity index (χ1) is 12.0. The summed E-state index contributed by atoms with van der Waals surface area (Å²) in [6.07, 6.45) is 17.0. The van der Waals surface area contributed by atoms with Crippen molar-refractivity contribution in [2.45, 2.75) is 105 Å². The summed E-state index contributed by atoms with van der Waals surface area (Å²) in [5.41, 5.74) is 4.98. The fraction of sp³-hybridized carbons (Fsp3) is 0.680. The Labute approximate surface area is 158 Å². The van der Waals surface area contributed by atoms with Crippen molar-refractivity contribution in [3.63, 3.8) is 0 Å². The van der Waals surface area contributed by atoms with E-state index in [9.17, 15) is 0 Å². The highest BCUT2D eigenvalue weighted by Gasteiger charge is 2.09. The minimum atomic E-state index is 0.484. The van der Waals surface area contributed by atoms with E-state index in [1.807, 2.05) is 0 Å². The number of rotatable bonds is 12. The van der Waals surface area contributed by atoms with E-state index in [0.29, 0.717) is 5.41 Å². The standard InChI is InChI=1S/C25H42/c1-6-8-9-10-13-18-23(7-2)24-19-15-17-22(21-24)16-12-11-14-20-25(3,4)5/h7,15,17,19,21H,6,8-14,16,18,20H2,1-5H3/b23-7+. The van der Waals surface area contributed by atoms with Gasteiger partial charge < -0.3 is 0 Å². The highest BCUT2D eigenvalue weighted by atomic mass is 14.1. The summed E-state index contributed by atoms with van der Waals surface area (Å²) in [5, 5.41) is 0. The van der Waals surface area contributed by atoms with Gasteiger partial charge in [0.05, 0.1) is 0 Å². The van der Waals surface area contributed by atoms with Gasteiger partial charge in [0.2, 0.25) is 0 Å². The molecule has 25 heavy (non-hydrogen) atoms. The smallest absolute Gasteiger partial charge is 0.0225 e. The van der Waals surface area contributed by atoms with Crippen LogP contribution < -0.4 is 0 Å². The Balaban J connectivity index is 2.41. The van der Waals surface area contributed by atoms with E-state index in [-0.39, 0.29) is 0 Å². The molecule has 0 heterocycles. The molecule has 0 saturated heterocycles. The highest BCUT2D eigenvalue weighted by molar-refractivity contribution is 5.65. The van der Waals surface area contributed by atoms with Gasteiger partial charge in [0.25, 0.3) is 0 Å². The fourth-order valence-electron chi connectivity index (χ4n) is 3.46. The lowest BCUT2D eigenvalue weighted by atomic mass is 9.89. The van der Waals surface area contributed by atoms with Crippen molar-refractivity contribution in [3.8, 4) is 0 Å². The van der Waals surface area contributed by atoms with Crippen molar-refractivity contribution in [1.29, 1.82) is 0 Å². The van der Waals surface area contributed by atoms with Crippen LogP contribution in [0.5, 0.6) is 0 Å². The zero-order valence-electron chi connectivity index (χ0n) is 17.7. The molecular formula is C25H42. The molecular weight excluding hydrogens is 300 g/mol. The number of aryl methyl sites for hydroxylation is 1. The Kier molecular flexibility index (Phi) is 10.9. The molecule has 0 fully saturated rings. The maximum atomic E-state index is 2.44. The van der Waals surface area contributed by atoms with Crippen molar-refractivity contribution < 1.29 is 0 Å². The van der Waals surface area contributed by atoms with Crippen LogP contribution in [0.2, 0.25) is 0 Å². The Morgan fingerprint density at radius 2 is 1.64 bits per heavy atom. The molecule has 0 spiro atoms. The predicted octanol–water partition coefficient (Wildman–Crippen LogP) is 8.60. The third kappa shape index (κ3) is 10.5. The van der Waals surface area contributed by atoms with Crippen LogP contribution >= 0.6 is 0 Å². The van der Waals surface area contributed by atoms with E-state index in [4.69, 9.17) is 0 Å². The second-order valence-corrected chi connectivity index (χ2v) is 8.80. The Hall–Kier alpha value is -1.04. The van der Waals surface area contributed by atoms with Gasteiger partial charge in [0.15, 0.2) is 0 Å². The average Bonchev–Trinajstić information content (AvgIpc) is 2.57. The number of allylic oxidation sites excluding steroid dienone is 2.